The average molecular weight is 741 g/mol. The summed E-state index contributed by atoms with van der Waals surface area (Å²) < 4.78 is 0. The van der Waals surface area contributed by atoms with Gasteiger partial charge in [0.2, 0.25) is 0 Å². The first-order valence-electron chi connectivity index (χ1n) is 20.1. The van der Waals surface area contributed by atoms with E-state index in [0.29, 0.717) is 0 Å². The second-order valence-corrected chi connectivity index (χ2v) is 15.5. The molecule has 0 heterocycles. The fraction of sp³-hybridized carbons (Fsp3) is 0.0357. The van der Waals surface area contributed by atoms with E-state index in [-0.39, 0.29) is 0 Å². The number of nitrogens with zero attached hydrogens (tertiary/aromatic N) is 2. The van der Waals surface area contributed by atoms with Crippen LogP contribution >= 0.6 is 0 Å². The maximum absolute atomic E-state index is 2.44. The van der Waals surface area contributed by atoms with Crippen LogP contribution in [0.3, 0.4) is 0 Å². The molecule has 11 aromatic carbocycles. The summed E-state index contributed by atoms with van der Waals surface area (Å²) in [4.78, 5) is 4.85. The first-order chi connectivity index (χ1) is 28.6. The molecule has 0 aliphatic heterocycles. The Balaban J connectivity index is 1.12. The molecule has 0 aliphatic rings. The third-order valence-corrected chi connectivity index (χ3v) is 12.1. The second kappa shape index (κ2) is 13.7. The van der Waals surface area contributed by atoms with E-state index in [9.17, 15) is 0 Å². The molecule has 0 fully saturated rings. The summed E-state index contributed by atoms with van der Waals surface area (Å²) in [5.74, 6) is 0. The molecule has 58 heavy (non-hydrogen) atoms. The van der Waals surface area contributed by atoms with Crippen molar-refractivity contribution in [2.45, 2.75) is 13.8 Å². The van der Waals surface area contributed by atoms with Crippen molar-refractivity contribution in [3.63, 3.8) is 0 Å². The van der Waals surface area contributed by atoms with Gasteiger partial charge in [0.1, 0.15) is 0 Å². The van der Waals surface area contributed by atoms with E-state index in [2.05, 4.69) is 230 Å². The Morgan fingerprint density at radius 3 is 1.12 bits per heavy atom. The summed E-state index contributed by atoms with van der Waals surface area (Å²) in [6, 6.07) is 75.7. The maximum atomic E-state index is 2.44. The van der Waals surface area contributed by atoms with Crippen LogP contribution in [0, 0.1) is 13.8 Å². The summed E-state index contributed by atoms with van der Waals surface area (Å²) in [6.45, 7) is 4.58. The Kier molecular flexibility index (Phi) is 7.97. The molecule has 2 nitrogen and oxygen atoms in total. The number of benzene rings is 11. The highest BCUT2D eigenvalue weighted by Crippen LogP contribution is 2.44. The first kappa shape index (κ1) is 33.9. The largest absolute Gasteiger partial charge is 0.310 e. The molecule has 0 aromatic heterocycles. The lowest BCUT2D eigenvalue weighted by molar-refractivity contribution is 1.30. The van der Waals surface area contributed by atoms with Crippen LogP contribution in [0.1, 0.15) is 11.1 Å². The van der Waals surface area contributed by atoms with E-state index in [1.165, 1.54) is 75.8 Å². The van der Waals surface area contributed by atoms with E-state index in [1.54, 1.807) is 0 Å². The maximum Gasteiger partial charge on any atom is 0.0540 e. The van der Waals surface area contributed by atoms with E-state index >= 15 is 0 Å². The SMILES string of the molecule is Cc1c2ccc(N(c3ccc4ccccc4c3)c3ccc4ccccc4c3)cc2c(C)c2cc(N(c3ccc4ccccc4c3)c3cccc4ccccc34)ccc12. The molecule has 11 rings (SSSR count). The molecule has 2 heteroatoms. The van der Waals surface area contributed by atoms with E-state index in [1.807, 2.05) is 0 Å². The van der Waals surface area contributed by atoms with Gasteiger partial charge in [0.25, 0.3) is 0 Å². The van der Waals surface area contributed by atoms with Crippen molar-refractivity contribution < 1.29 is 0 Å². The first-order valence-corrected chi connectivity index (χ1v) is 20.1. The summed E-state index contributed by atoms with van der Waals surface area (Å²) in [5, 5.41) is 14.9. The van der Waals surface area contributed by atoms with Crippen LogP contribution in [0.2, 0.25) is 0 Å². The minimum absolute atomic E-state index is 1.13. The Labute approximate surface area is 338 Å². The minimum Gasteiger partial charge on any atom is -0.310 e. The highest BCUT2D eigenvalue weighted by molar-refractivity contribution is 6.09. The van der Waals surface area contributed by atoms with E-state index in [0.717, 1.165) is 34.1 Å². The van der Waals surface area contributed by atoms with Gasteiger partial charge in [0.05, 0.1) is 5.69 Å². The van der Waals surface area contributed by atoms with Gasteiger partial charge in [-0.15, -0.1) is 0 Å². The fourth-order valence-corrected chi connectivity index (χ4v) is 9.13. The Morgan fingerprint density at radius 2 is 0.603 bits per heavy atom. The third-order valence-electron chi connectivity index (χ3n) is 12.1. The zero-order valence-corrected chi connectivity index (χ0v) is 32.5. The van der Waals surface area contributed by atoms with Crippen molar-refractivity contribution in [1.82, 2.24) is 0 Å². The topological polar surface area (TPSA) is 6.48 Å². The predicted octanol–water partition coefficient (Wildman–Crippen LogP) is 16.2. The normalized spacial score (nSPS) is 11.6. The molecule has 0 atom stereocenters. The molecule has 274 valence electrons. The molecule has 0 N–H and O–H groups in total. The molecule has 0 bridgehead atoms. The molecule has 0 amide bonds. The monoisotopic (exact) mass is 740 g/mol. The molecule has 11 aromatic rings. The minimum atomic E-state index is 1.13. The van der Waals surface area contributed by atoms with Crippen LogP contribution < -0.4 is 9.80 Å². The smallest absolute Gasteiger partial charge is 0.0540 e. The molecule has 0 radical (unpaired) electrons. The van der Waals surface area contributed by atoms with Crippen LogP contribution in [-0.4, -0.2) is 0 Å². The van der Waals surface area contributed by atoms with Gasteiger partial charge in [0.15, 0.2) is 0 Å². The standard InChI is InChI=1S/C56H40N2/c1-37-51-30-28-49(57(46-25-22-39-12-3-6-16-43(39)32-46)47-26-23-40-13-4-7-17-44(40)33-47)35-54(51)38(2)55-36-50(29-31-52(37)55)58(48-27-24-41-14-5-8-18-45(41)34-48)56-21-11-19-42-15-9-10-20-53(42)56/h3-36H,1-2H3. The van der Waals surface area contributed by atoms with E-state index in [4.69, 9.17) is 0 Å². The van der Waals surface area contributed by atoms with Crippen LogP contribution in [0.25, 0.3) is 64.6 Å². The van der Waals surface area contributed by atoms with Crippen molar-refractivity contribution >= 4 is 98.8 Å². The molecule has 0 saturated heterocycles. The van der Waals surface area contributed by atoms with Crippen LogP contribution in [0.4, 0.5) is 34.1 Å². The van der Waals surface area contributed by atoms with Crippen LogP contribution in [-0.2, 0) is 0 Å². The highest BCUT2D eigenvalue weighted by Gasteiger charge is 2.20. The quantitative estimate of drug-likeness (QED) is 0.157. The number of fused-ring (bicyclic) bond motifs is 6. The van der Waals surface area contributed by atoms with Crippen LogP contribution in [0.15, 0.2) is 206 Å². The molecular weight excluding hydrogens is 701 g/mol. The molecule has 0 aliphatic carbocycles. The summed E-state index contributed by atoms with van der Waals surface area (Å²) in [5.41, 5.74) is 9.38. The fourth-order valence-electron chi connectivity index (χ4n) is 9.13. The van der Waals surface area contributed by atoms with Gasteiger partial charge >= 0.3 is 0 Å². The number of hydrogen-bond acceptors (Lipinski definition) is 2. The predicted molar refractivity (Wildman–Crippen MR) is 250 cm³/mol. The lowest BCUT2D eigenvalue weighted by Gasteiger charge is -2.28. The lowest BCUT2D eigenvalue weighted by Crippen LogP contribution is -2.11. The Bertz CT molecular complexity index is 3310. The van der Waals surface area contributed by atoms with Gasteiger partial charge < -0.3 is 9.80 Å². The van der Waals surface area contributed by atoms with E-state index < -0.39 is 0 Å². The molecule has 0 unspecified atom stereocenters. The van der Waals surface area contributed by atoms with Gasteiger partial charge in [-0.05, 0) is 151 Å². The average Bonchev–Trinajstić information content (AvgIpc) is 3.28. The van der Waals surface area contributed by atoms with Gasteiger partial charge in [-0.3, -0.25) is 0 Å². The zero-order chi connectivity index (χ0) is 38.7. The van der Waals surface area contributed by atoms with Gasteiger partial charge in [-0.25, -0.2) is 0 Å². The zero-order valence-electron chi connectivity index (χ0n) is 32.5. The number of anilines is 6. The van der Waals surface area contributed by atoms with Crippen LogP contribution in [0.5, 0.6) is 0 Å². The second-order valence-electron chi connectivity index (χ2n) is 15.5. The third kappa shape index (κ3) is 5.64. The van der Waals surface area contributed by atoms with Crippen molar-refractivity contribution in [2.75, 3.05) is 9.80 Å². The van der Waals surface area contributed by atoms with Crippen molar-refractivity contribution in [1.29, 1.82) is 0 Å². The number of hydrogen-bond donors (Lipinski definition) is 0. The highest BCUT2D eigenvalue weighted by atomic mass is 15.1. The Hall–Kier alpha value is -7.42. The molecule has 0 saturated carbocycles. The van der Waals surface area contributed by atoms with Crippen molar-refractivity contribution in [2.24, 2.45) is 0 Å². The van der Waals surface area contributed by atoms with Crippen molar-refractivity contribution in [3.05, 3.63) is 217 Å². The molecule has 0 spiro atoms. The number of aryl methyl sites for hydroxylation is 2. The summed E-state index contributed by atoms with van der Waals surface area (Å²) >= 11 is 0. The van der Waals surface area contributed by atoms with Gasteiger partial charge in [0, 0.05) is 33.8 Å². The number of rotatable bonds is 6. The Morgan fingerprint density at radius 1 is 0.241 bits per heavy atom. The van der Waals surface area contributed by atoms with Crippen molar-refractivity contribution in [3.8, 4) is 0 Å². The van der Waals surface area contributed by atoms with Gasteiger partial charge in [-0.1, -0.05) is 140 Å². The molecular formula is C56H40N2. The summed E-state index contributed by atoms with van der Waals surface area (Å²) in [6.07, 6.45) is 0. The van der Waals surface area contributed by atoms with Gasteiger partial charge in [-0.2, -0.15) is 0 Å². The lowest BCUT2D eigenvalue weighted by atomic mass is 9.92. The summed E-state index contributed by atoms with van der Waals surface area (Å²) in [7, 11) is 0.